The highest BCUT2D eigenvalue weighted by atomic mass is 28.3. The van der Waals surface area contributed by atoms with Gasteiger partial charge in [0.2, 0.25) is 0 Å². The Kier molecular flexibility index (Phi) is 6.59. The van der Waals surface area contributed by atoms with Crippen LogP contribution in [0.3, 0.4) is 0 Å². The quantitative estimate of drug-likeness (QED) is 0.220. The summed E-state index contributed by atoms with van der Waals surface area (Å²) in [6.45, 7) is 14.2. The average molecular weight is 525 g/mol. The van der Waals surface area contributed by atoms with E-state index >= 15 is 0 Å². The van der Waals surface area contributed by atoms with Gasteiger partial charge in [0.25, 0.3) is 0 Å². The Labute approximate surface area is 236 Å². The lowest BCUT2D eigenvalue weighted by Crippen LogP contribution is -2.40. The zero-order valence-corrected chi connectivity index (χ0v) is 25.2. The standard InChI is InChI=1S/C38H40Si/c1-25(2)27-13-17-29(18-14-27)31-9-7-11-35-33(31)21-23-37(35)39(5,6)38-24-22-34-32(10-8-12-36(34)38)30-19-15-28(16-20-30)26(3)4/h7-26,37-38H,1-6H3. The molecule has 2 unspecified atom stereocenters. The third-order valence-corrected chi connectivity index (χ3v) is 13.5. The molecule has 0 aromatic heterocycles. The van der Waals surface area contributed by atoms with Crippen molar-refractivity contribution in [3.63, 3.8) is 0 Å². The third kappa shape index (κ3) is 4.47. The molecule has 0 amide bonds. The molecule has 6 rings (SSSR count). The highest BCUT2D eigenvalue weighted by Crippen LogP contribution is 2.49. The molecule has 0 nitrogen and oxygen atoms in total. The molecule has 39 heavy (non-hydrogen) atoms. The maximum atomic E-state index is 2.59. The fourth-order valence-corrected chi connectivity index (χ4v) is 10.4. The van der Waals surface area contributed by atoms with E-state index in [9.17, 15) is 0 Å². The van der Waals surface area contributed by atoms with Crippen LogP contribution in [0.5, 0.6) is 0 Å². The Bertz CT molecular complexity index is 1440. The molecule has 2 aliphatic carbocycles. The molecule has 2 atom stereocenters. The van der Waals surface area contributed by atoms with E-state index in [0.717, 1.165) is 0 Å². The molecule has 4 aromatic carbocycles. The fourth-order valence-electron chi connectivity index (χ4n) is 6.76. The van der Waals surface area contributed by atoms with Crippen LogP contribution in [0.1, 0.15) is 84.0 Å². The van der Waals surface area contributed by atoms with Gasteiger partial charge in [0.05, 0.1) is 8.07 Å². The first-order valence-corrected chi connectivity index (χ1v) is 17.7. The maximum absolute atomic E-state index is 2.59. The molecule has 0 fully saturated rings. The zero-order chi connectivity index (χ0) is 27.3. The largest absolute Gasteiger partial charge is 0.0791 e. The number of allylic oxidation sites excluding steroid dienone is 2. The average Bonchev–Trinajstić information content (AvgIpc) is 3.59. The molecule has 0 N–H and O–H groups in total. The van der Waals surface area contributed by atoms with Gasteiger partial charge in [-0.1, -0.05) is 150 Å². The van der Waals surface area contributed by atoms with Gasteiger partial charge in [0.15, 0.2) is 0 Å². The molecule has 0 saturated heterocycles. The second kappa shape index (κ2) is 9.95. The van der Waals surface area contributed by atoms with E-state index in [1.807, 2.05) is 0 Å². The minimum Gasteiger partial charge on any atom is -0.0791 e. The number of hydrogen-bond acceptors (Lipinski definition) is 0. The van der Waals surface area contributed by atoms with E-state index in [4.69, 9.17) is 0 Å². The molecule has 196 valence electrons. The van der Waals surface area contributed by atoms with E-state index in [-0.39, 0.29) is 0 Å². The summed E-state index contributed by atoms with van der Waals surface area (Å²) in [5.74, 6) is 1.11. The second-order valence-electron chi connectivity index (χ2n) is 12.7. The number of rotatable bonds is 6. The van der Waals surface area contributed by atoms with Crippen molar-refractivity contribution in [2.45, 2.75) is 63.7 Å². The van der Waals surface area contributed by atoms with E-state index < -0.39 is 8.07 Å². The van der Waals surface area contributed by atoms with E-state index in [1.54, 1.807) is 0 Å². The predicted molar refractivity (Wildman–Crippen MR) is 173 cm³/mol. The van der Waals surface area contributed by atoms with Crippen molar-refractivity contribution < 1.29 is 0 Å². The molecule has 1 heteroatoms. The van der Waals surface area contributed by atoms with Crippen LogP contribution in [0.15, 0.2) is 97.1 Å². The van der Waals surface area contributed by atoms with Crippen LogP contribution in [0.4, 0.5) is 0 Å². The molecule has 0 spiro atoms. The lowest BCUT2D eigenvalue weighted by molar-refractivity contribution is 0.867. The van der Waals surface area contributed by atoms with Gasteiger partial charge < -0.3 is 0 Å². The minimum absolute atomic E-state index is 0.497. The number of benzene rings is 4. The Morgan fingerprint density at radius 2 is 0.897 bits per heavy atom. The monoisotopic (exact) mass is 524 g/mol. The van der Waals surface area contributed by atoms with Crippen molar-refractivity contribution in [2.75, 3.05) is 0 Å². The SMILES string of the molecule is CC(C)c1ccc(-c2cccc3c2C=CC3[Si](C)(C)C2C=Cc3c(-c4ccc(C(C)C)cc4)cccc32)cc1. The van der Waals surface area contributed by atoms with Crippen LogP contribution in [0.25, 0.3) is 34.4 Å². The Balaban J connectivity index is 1.33. The van der Waals surface area contributed by atoms with Crippen molar-refractivity contribution in [3.05, 3.63) is 130 Å². The van der Waals surface area contributed by atoms with Gasteiger partial charge in [0.1, 0.15) is 0 Å². The molecule has 0 aliphatic heterocycles. The number of hydrogen-bond donors (Lipinski definition) is 0. The smallest absolute Gasteiger partial charge is 0.0715 e. The molecule has 0 heterocycles. The number of fused-ring (bicyclic) bond motifs is 2. The topological polar surface area (TPSA) is 0 Å². The highest BCUT2D eigenvalue weighted by molar-refractivity contribution is 6.81. The third-order valence-electron chi connectivity index (χ3n) is 9.24. The summed E-state index contributed by atoms with van der Waals surface area (Å²) in [5.41, 5.74) is 15.0. The van der Waals surface area contributed by atoms with Crippen molar-refractivity contribution in [1.29, 1.82) is 0 Å². The molecule has 2 aliphatic rings. The second-order valence-corrected chi connectivity index (χ2v) is 17.6. The molecular formula is C38H40Si. The van der Waals surface area contributed by atoms with Crippen molar-refractivity contribution in [2.24, 2.45) is 0 Å². The van der Waals surface area contributed by atoms with Gasteiger partial charge in [0, 0.05) is 0 Å². The van der Waals surface area contributed by atoms with Crippen molar-refractivity contribution in [3.8, 4) is 22.3 Å². The summed E-state index contributed by atoms with van der Waals surface area (Å²) < 4.78 is 0. The van der Waals surface area contributed by atoms with Crippen LogP contribution < -0.4 is 0 Å². The first-order valence-electron chi connectivity index (χ1n) is 14.6. The Morgan fingerprint density at radius 1 is 0.513 bits per heavy atom. The lowest BCUT2D eigenvalue weighted by Gasteiger charge is -2.35. The van der Waals surface area contributed by atoms with Crippen LogP contribution in [-0.2, 0) is 0 Å². The molecule has 0 saturated carbocycles. The summed E-state index contributed by atoms with van der Waals surface area (Å²) in [5, 5.41) is 0. The fraction of sp³-hybridized carbons (Fsp3) is 0.263. The molecular weight excluding hydrogens is 485 g/mol. The van der Waals surface area contributed by atoms with Gasteiger partial charge in [-0.15, -0.1) is 0 Å². The van der Waals surface area contributed by atoms with Gasteiger partial charge in [-0.05, 0) is 78.6 Å². The molecule has 0 bridgehead atoms. The van der Waals surface area contributed by atoms with Crippen molar-refractivity contribution >= 4 is 20.2 Å². The first kappa shape index (κ1) is 25.8. The van der Waals surface area contributed by atoms with Gasteiger partial charge in [-0.25, -0.2) is 0 Å². The maximum Gasteiger partial charge on any atom is 0.0715 e. The summed E-state index contributed by atoms with van der Waals surface area (Å²) in [6.07, 6.45) is 9.85. The molecule has 4 aromatic rings. The Hall–Kier alpha value is -3.42. The van der Waals surface area contributed by atoms with E-state index in [2.05, 4.69) is 150 Å². The normalized spacial score (nSPS) is 17.7. The van der Waals surface area contributed by atoms with Crippen molar-refractivity contribution in [1.82, 2.24) is 0 Å². The summed E-state index contributed by atoms with van der Waals surface area (Å²) in [7, 11) is -1.81. The lowest BCUT2D eigenvalue weighted by atomic mass is 9.94. The van der Waals surface area contributed by atoms with Gasteiger partial charge in [-0.3, -0.25) is 0 Å². The van der Waals surface area contributed by atoms with Crippen LogP contribution >= 0.6 is 0 Å². The summed E-state index contributed by atoms with van der Waals surface area (Å²) in [4.78, 5) is 0. The summed E-state index contributed by atoms with van der Waals surface area (Å²) in [6, 6.07) is 32.3. The first-order chi connectivity index (χ1) is 18.8. The minimum atomic E-state index is -1.81. The Morgan fingerprint density at radius 3 is 1.26 bits per heavy atom. The van der Waals surface area contributed by atoms with Crippen LogP contribution in [0.2, 0.25) is 13.1 Å². The van der Waals surface area contributed by atoms with Gasteiger partial charge in [-0.2, -0.15) is 0 Å². The summed E-state index contributed by atoms with van der Waals surface area (Å²) >= 11 is 0. The van der Waals surface area contributed by atoms with Gasteiger partial charge >= 0.3 is 0 Å². The predicted octanol–water partition coefficient (Wildman–Crippen LogP) is 11.0. The van der Waals surface area contributed by atoms with E-state index in [0.29, 0.717) is 22.9 Å². The van der Waals surface area contributed by atoms with Crippen LogP contribution in [0, 0.1) is 0 Å². The highest BCUT2D eigenvalue weighted by Gasteiger charge is 2.43. The van der Waals surface area contributed by atoms with Crippen LogP contribution in [-0.4, -0.2) is 8.07 Å². The van der Waals surface area contributed by atoms with E-state index in [1.165, 1.54) is 55.6 Å². The molecule has 0 radical (unpaired) electrons. The zero-order valence-electron chi connectivity index (χ0n) is 24.2.